The summed E-state index contributed by atoms with van der Waals surface area (Å²) in [4.78, 5) is 4.04. The summed E-state index contributed by atoms with van der Waals surface area (Å²) in [5.74, 6) is 0.594. The minimum atomic E-state index is -1.46. The fourth-order valence-corrected chi connectivity index (χ4v) is 1.19. The molecule has 2 N–H and O–H groups in total. The minimum Gasteiger partial charge on any atom is -0.474 e. The molecule has 0 bridgehead atoms. The van der Waals surface area contributed by atoms with E-state index in [1.807, 2.05) is 6.92 Å². The lowest BCUT2D eigenvalue weighted by atomic mass is 9.81. The largest absolute Gasteiger partial charge is 0.490 e. The van der Waals surface area contributed by atoms with Crippen molar-refractivity contribution >= 4 is 12.6 Å². The standard InChI is InChI=1S/C9H12BNO3/c1-6-4-7(10(12)13)5-11-9(6)14-8-2-3-8/h4-5,8,12-13H,2-3H2,1H3. The maximum absolute atomic E-state index is 8.91. The summed E-state index contributed by atoms with van der Waals surface area (Å²) in [6.45, 7) is 1.84. The molecule has 2 rings (SSSR count). The molecule has 14 heavy (non-hydrogen) atoms. The molecule has 1 aliphatic rings. The SMILES string of the molecule is Cc1cc(B(O)O)cnc1OC1CC1. The van der Waals surface area contributed by atoms with Crippen molar-refractivity contribution in [1.82, 2.24) is 4.98 Å². The first-order valence-electron chi connectivity index (χ1n) is 4.66. The highest BCUT2D eigenvalue weighted by Gasteiger charge is 2.25. The van der Waals surface area contributed by atoms with Crippen LogP contribution in [0.15, 0.2) is 12.3 Å². The van der Waals surface area contributed by atoms with Gasteiger partial charge in [-0.05, 0) is 19.8 Å². The number of hydrogen-bond acceptors (Lipinski definition) is 4. The van der Waals surface area contributed by atoms with Gasteiger partial charge in [-0.3, -0.25) is 0 Å². The topological polar surface area (TPSA) is 62.6 Å². The highest BCUT2D eigenvalue weighted by molar-refractivity contribution is 6.58. The molecule has 0 radical (unpaired) electrons. The third kappa shape index (κ3) is 2.05. The van der Waals surface area contributed by atoms with Gasteiger partial charge in [-0.15, -0.1) is 0 Å². The second-order valence-corrected chi connectivity index (χ2v) is 3.58. The molecule has 1 fully saturated rings. The van der Waals surface area contributed by atoms with E-state index in [4.69, 9.17) is 14.8 Å². The Labute approximate surface area is 82.7 Å². The third-order valence-corrected chi connectivity index (χ3v) is 2.15. The Morgan fingerprint density at radius 2 is 2.21 bits per heavy atom. The van der Waals surface area contributed by atoms with E-state index < -0.39 is 7.12 Å². The zero-order chi connectivity index (χ0) is 10.1. The molecule has 1 heterocycles. The van der Waals surface area contributed by atoms with E-state index in [-0.39, 0.29) is 0 Å². The molecule has 1 aromatic heterocycles. The fraction of sp³-hybridized carbons (Fsp3) is 0.444. The highest BCUT2D eigenvalue weighted by Crippen LogP contribution is 2.26. The van der Waals surface area contributed by atoms with E-state index >= 15 is 0 Å². The van der Waals surface area contributed by atoms with Gasteiger partial charge >= 0.3 is 7.12 Å². The van der Waals surface area contributed by atoms with Crippen molar-refractivity contribution in [3.8, 4) is 5.88 Å². The van der Waals surface area contributed by atoms with Crippen LogP contribution in [0, 0.1) is 6.92 Å². The maximum atomic E-state index is 8.91. The zero-order valence-corrected chi connectivity index (χ0v) is 7.97. The summed E-state index contributed by atoms with van der Waals surface area (Å²) in [5, 5.41) is 17.8. The fourth-order valence-electron chi connectivity index (χ4n) is 1.19. The van der Waals surface area contributed by atoms with Crippen molar-refractivity contribution in [2.75, 3.05) is 0 Å². The summed E-state index contributed by atoms with van der Waals surface area (Å²) in [6, 6.07) is 1.68. The number of rotatable bonds is 3. The predicted octanol–water partition coefficient (Wildman–Crippen LogP) is -0.389. The van der Waals surface area contributed by atoms with Gasteiger partial charge in [0.15, 0.2) is 0 Å². The van der Waals surface area contributed by atoms with E-state index in [9.17, 15) is 0 Å². The number of aryl methyl sites for hydroxylation is 1. The Bertz CT molecular complexity index is 339. The van der Waals surface area contributed by atoms with Gasteiger partial charge in [-0.2, -0.15) is 0 Å². The summed E-state index contributed by atoms with van der Waals surface area (Å²) < 4.78 is 5.52. The Balaban J connectivity index is 2.17. The molecule has 0 saturated heterocycles. The molecule has 4 nitrogen and oxygen atoms in total. The van der Waals surface area contributed by atoms with Crippen LogP contribution in [0.3, 0.4) is 0 Å². The molecule has 1 aliphatic carbocycles. The van der Waals surface area contributed by atoms with Gasteiger partial charge in [0.05, 0.1) is 0 Å². The lowest BCUT2D eigenvalue weighted by molar-refractivity contribution is 0.289. The lowest BCUT2D eigenvalue weighted by Crippen LogP contribution is -2.30. The van der Waals surface area contributed by atoms with Crippen LogP contribution >= 0.6 is 0 Å². The van der Waals surface area contributed by atoms with Crippen molar-refractivity contribution in [2.45, 2.75) is 25.9 Å². The Hall–Kier alpha value is -1.07. The van der Waals surface area contributed by atoms with Gasteiger partial charge in [-0.25, -0.2) is 4.98 Å². The zero-order valence-electron chi connectivity index (χ0n) is 7.97. The molecule has 1 aromatic rings. The van der Waals surface area contributed by atoms with Crippen molar-refractivity contribution in [3.05, 3.63) is 17.8 Å². The summed E-state index contributed by atoms with van der Waals surface area (Å²) >= 11 is 0. The van der Waals surface area contributed by atoms with Crippen LogP contribution in [0.4, 0.5) is 0 Å². The summed E-state index contributed by atoms with van der Waals surface area (Å²) in [5.41, 5.74) is 1.23. The molecule has 1 saturated carbocycles. The van der Waals surface area contributed by atoms with Crippen molar-refractivity contribution in [2.24, 2.45) is 0 Å². The van der Waals surface area contributed by atoms with Crippen LogP contribution < -0.4 is 10.2 Å². The lowest BCUT2D eigenvalue weighted by Gasteiger charge is -2.07. The number of ether oxygens (including phenoxy) is 1. The minimum absolute atomic E-state index is 0.311. The molecule has 5 heteroatoms. The first kappa shape index (κ1) is 9.49. The first-order chi connectivity index (χ1) is 6.66. The van der Waals surface area contributed by atoms with Crippen LogP contribution in [0.25, 0.3) is 0 Å². The molecule has 0 unspecified atom stereocenters. The monoisotopic (exact) mass is 193 g/mol. The average molecular weight is 193 g/mol. The van der Waals surface area contributed by atoms with Gasteiger partial charge in [0.2, 0.25) is 5.88 Å². The van der Waals surface area contributed by atoms with E-state index in [0.29, 0.717) is 17.4 Å². The number of pyridine rings is 1. The van der Waals surface area contributed by atoms with Crippen LogP contribution in [-0.2, 0) is 0 Å². The van der Waals surface area contributed by atoms with Crippen LogP contribution in [0.5, 0.6) is 5.88 Å². The third-order valence-electron chi connectivity index (χ3n) is 2.15. The van der Waals surface area contributed by atoms with Crippen LogP contribution in [0.2, 0.25) is 0 Å². The number of nitrogens with zero attached hydrogens (tertiary/aromatic N) is 1. The van der Waals surface area contributed by atoms with Gasteiger partial charge in [0.1, 0.15) is 6.10 Å². The van der Waals surface area contributed by atoms with Gasteiger partial charge in [-0.1, -0.05) is 6.07 Å². The Kier molecular flexibility index (Phi) is 2.43. The van der Waals surface area contributed by atoms with E-state index in [2.05, 4.69) is 4.98 Å². The molecule has 0 aliphatic heterocycles. The van der Waals surface area contributed by atoms with Gasteiger partial charge in [0, 0.05) is 17.2 Å². The predicted molar refractivity (Wildman–Crippen MR) is 52.4 cm³/mol. The van der Waals surface area contributed by atoms with E-state index in [0.717, 1.165) is 18.4 Å². The number of aromatic nitrogens is 1. The number of hydrogen-bond donors (Lipinski definition) is 2. The molecule has 0 amide bonds. The Morgan fingerprint density at radius 1 is 1.50 bits per heavy atom. The average Bonchev–Trinajstić information content (AvgIpc) is 2.92. The quantitative estimate of drug-likeness (QED) is 0.641. The second kappa shape index (κ2) is 3.59. The van der Waals surface area contributed by atoms with Crippen LogP contribution in [0.1, 0.15) is 18.4 Å². The maximum Gasteiger partial charge on any atom is 0.490 e. The van der Waals surface area contributed by atoms with Crippen LogP contribution in [-0.4, -0.2) is 28.3 Å². The Morgan fingerprint density at radius 3 is 2.71 bits per heavy atom. The van der Waals surface area contributed by atoms with Crippen molar-refractivity contribution in [3.63, 3.8) is 0 Å². The molecule has 74 valence electrons. The first-order valence-corrected chi connectivity index (χ1v) is 4.66. The molecular formula is C9H12BNO3. The smallest absolute Gasteiger partial charge is 0.474 e. The molecule has 0 atom stereocenters. The van der Waals surface area contributed by atoms with Gasteiger partial charge in [0.25, 0.3) is 0 Å². The second-order valence-electron chi connectivity index (χ2n) is 3.58. The van der Waals surface area contributed by atoms with E-state index in [1.165, 1.54) is 6.20 Å². The normalized spacial score (nSPS) is 15.4. The van der Waals surface area contributed by atoms with Crippen molar-refractivity contribution in [1.29, 1.82) is 0 Å². The molecule has 0 aromatic carbocycles. The summed E-state index contributed by atoms with van der Waals surface area (Å²) in [7, 11) is -1.46. The van der Waals surface area contributed by atoms with Crippen molar-refractivity contribution < 1.29 is 14.8 Å². The molecular weight excluding hydrogens is 181 g/mol. The summed E-state index contributed by atoms with van der Waals surface area (Å²) in [6.07, 6.45) is 3.91. The highest BCUT2D eigenvalue weighted by atomic mass is 16.5. The van der Waals surface area contributed by atoms with Gasteiger partial charge < -0.3 is 14.8 Å². The molecule has 0 spiro atoms. The van der Waals surface area contributed by atoms with E-state index in [1.54, 1.807) is 6.07 Å².